The summed E-state index contributed by atoms with van der Waals surface area (Å²) in [5.74, 6) is -0.357. The Labute approximate surface area is 185 Å². The van der Waals surface area contributed by atoms with Crippen molar-refractivity contribution in [1.82, 2.24) is 25.0 Å². The van der Waals surface area contributed by atoms with Crippen LogP contribution in [-0.2, 0) is 13.1 Å². The van der Waals surface area contributed by atoms with Crippen molar-refractivity contribution in [2.75, 3.05) is 46.8 Å². The fraction of sp³-hybridized carbons (Fsp3) is 0.458. The van der Waals surface area contributed by atoms with E-state index in [1.54, 1.807) is 33.2 Å². The van der Waals surface area contributed by atoms with Crippen molar-refractivity contribution in [2.24, 2.45) is 0 Å². The molecule has 0 unspecified atom stereocenters. The molecule has 166 valence electrons. The molecule has 7 heteroatoms. The number of hydrogen-bond acceptors (Lipinski definition) is 5. The zero-order valence-corrected chi connectivity index (χ0v) is 19.0. The van der Waals surface area contributed by atoms with Crippen LogP contribution in [0.25, 0.3) is 0 Å². The van der Waals surface area contributed by atoms with Crippen LogP contribution in [-0.4, -0.2) is 78.3 Å². The molecule has 1 aromatic carbocycles. The number of carbonyl (C=O) groups excluding carboxylic acids is 2. The van der Waals surface area contributed by atoms with Gasteiger partial charge in [-0.15, -0.1) is 0 Å². The number of piperazine rings is 1. The minimum Gasteiger partial charge on any atom is -0.348 e. The predicted octanol–water partition coefficient (Wildman–Crippen LogP) is 2.16. The third-order valence-electron chi connectivity index (χ3n) is 5.82. The minimum atomic E-state index is -0.180. The number of nitrogens with one attached hydrogen (secondary N) is 1. The summed E-state index contributed by atoms with van der Waals surface area (Å²) in [7, 11) is 3.36. The van der Waals surface area contributed by atoms with Crippen molar-refractivity contribution in [1.29, 1.82) is 0 Å². The van der Waals surface area contributed by atoms with Crippen molar-refractivity contribution in [2.45, 2.75) is 26.9 Å². The van der Waals surface area contributed by atoms with E-state index < -0.39 is 0 Å². The molecule has 31 heavy (non-hydrogen) atoms. The van der Waals surface area contributed by atoms with E-state index in [-0.39, 0.29) is 11.8 Å². The lowest BCUT2D eigenvalue weighted by Gasteiger charge is -2.34. The molecule has 2 amide bonds. The van der Waals surface area contributed by atoms with Crippen LogP contribution in [0.2, 0.25) is 0 Å². The average Bonchev–Trinajstić information content (AvgIpc) is 2.78. The number of aryl methyl sites for hydroxylation is 1. The summed E-state index contributed by atoms with van der Waals surface area (Å²) >= 11 is 0. The highest BCUT2D eigenvalue weighted by atomic mass is 16.2. The first-order valence-corrected chi connectivity index (χ1v) is 10.9. The third kappa shape index (κ3) is 5.89. The molecule has 0 spiro atoms. The topological polar surface area (TPSA) is 68.8 Å². The van der Waals surface area contributed by atoms with Crippen LogP contribution >= 0.6 is 0 Å². The van der Waals surface area contributed by atoms with E-state index in [0.29, 0.717) is 23.5 Å². The maximum atomic E-state index is 12.8. The molecular formula is C24H33N5O2. The first-order chi connectivity index (χ1) is 14.9. The molecule has 0 saturated carbocycles. The molecule has 2 heterocycles. The number of nitrogens with zero attached hydrogens (tertiary/aromatic N) is 4. The number of likely N-dealkylation sites (N-methyl/N-ethyl adjacent to an activating group) is 1. The number of aromatic nitrogens is 1. The van der Waals surface area contributed by atoms with Gasteiger partial charge in [0, 0.05) is 53.4 Å². The van der Waals surface area contributed by atoms with Crippen LogP contribution in [0, 0.1) is 6.92 Å². The van der Waals surface area contributed by atoms with Gasteiger partial charge < -0.3 is 15.1 Å². The average molecular weight is 424 g/mol. The van der Waals surface area contributed by atoms with E-state index in [9.17, 15) is 9.59 Å². The second-order valence-electron chi connectivity index (χ2n) is 8.19. The second kappa shape index (κ2) is 10.5. The van der Waals surface area contributed by atoms with Crippen LogP contribution in [0.1, 0.15) is 44.6 Å². The minimum absolute atomic E-state index is 0.177. The molecule has 0 radical (unpaired) electrons. The Balaban J connectivity index is 1.63. The normalized spacial score (nSPS) is 15.0. The molecular weight excluding hydrogens is 390 g/mol. The fourth-order valence-electron chi connectivity index (χ4n) is 3.81. The van der Waals surface area contributed by atoms with Gasteiger partial charge >= 0.3 is 0 Å². The summed E-state index contributed by atoms with van der Waals surface area (Å²) in [6.07, 6.45) is 0. The molecule has 0 aliphatic carbocycles. The van der Waals surface area contributed by atoms with Crippen LogP contribution in [0.4, 0.5) is 0 Å². The van der Waals surface area contributed by atoms with E-state index in [1.165, 1.54) is 10.5 Å². The largest absolute Gasteiger partial charge is 0.348 e. The monoisotopic (exact) mass is 423 g/mol. The Morgan fingerprint density at radius 3 is 2.26 bits per heavy atom. The summed E-state index contributed by atoms with van der Waals surface area (Å²) in [6.45, 7) is 10.8. The lowest BCUT2D eigenvalue weighted by Crippen LogP contribution is -2.45. The van der Waals surface area contributed by atoms with Gasteiger partial charge in [-0.3, -0.25) is 14.5 Å². The van der Waals surface area contributed by atoms with Crippen molar-refractivity contribution in [3.8, 4) is 0 Å². The van der Waals surface area contributed by atoms with Gasteiger partial charge in [0.15, 0.2) is 0 Å². The van der Waals surface area contributed by atoms with Gasteiger partial charge in [-0.05, 0) is 36.7 Å². The second-order valence-corrected chi connectivity index (χ2v) is 8.19. The van der Waals surface area contributed by atoms with E-state index in [1.807, 2.05) is 6.07 Å². The highest BCUT2D eigenvalue weighted by Crippen LogP contribution is 2.15. The molecule has 1 aromatic heterocycles. The maximum absolute atomic E-state index is 12.8. The lowest BCUT2D eigenvalue weighted by molar-refractivity contribution is 0.0820. The van der Waals surface area contributed by atoms with E-state index in [2.05, 4.69) is 45.2 Å². The number of benzene rings is 1. The Morgan fingerprint density at radius 1 is 1.00 bits per heavy atom. The number of pyridine rings is 1. The van der Waals surface area contributed by atoms with Gasteiger partial charge in [-0.25, -0.2) is 4.98 Å². The summed E-state index contributed by atoms with van der Waals surface area (Å²) in [5.41, 5.74) is 3.75. The SMILES string of the molecule is CCN1CCN(Cc2ccccc2CNC(=O)c2ccc(C(=O)N(C)C)nc2C)CC1. The zero-order chi connectivity index (χ0) is 22.4. The number of amides is 2. The maximum Gasteiger partial charge on any atom is 0.271 e. The fourth-order valence-corrected chi connectivity index (χ4v) is 3.81. The molecule has 1 saturated heterocycles. The smallest absolute Gasteiger partial charge is 0.271 e. The molecule has 1 N–H and O–H groups in total. The van der Waals surface area contributed by atoms with Crippen LogP contribution in [0.15, 0.2) is 36.4 Å². The van der Waals surface area contributed by atoms with E-state index >= 15 is 0 Å². The first kappa shape index (κ1) is 22.9. The quantitative estimate of drug-likeness (QED) is 0.739. The highest BCUT2D eigenvalue weighted by Gasteiger charge is 2.18. The molecule has 1 aliphatic heterocycles. The number of hydrogen-bond donors (Lipinski definition) is 1. The number of rotatable bonds is 7. The Bertz CT molecular complexity index is 920. The Hall–Kier alpha value is -2.77. The number of carbonyl (C=O) groups is 2. The third-order valence-corrected chi connectivity index (χ3v) is 5.82. The van der Waals surface area contributed by atoms with Crippen molar-refractivity contribution in [3.63, 3.8) is 0 Å². The molecule has 0 atom stereocenters. The summed E-state index contributed by atoms with van der Waals surface area (Å²) in [4.78, 5) is 35.6. The van der Waals surface area contributed by atoms with Gasteiger partial charge in [0.25, 0.3) is 11.8 Å². The predicted molar refractivity (Wildman–Crippen MR) is 122 cm³/mol. The summed E-state index contributed by atoms with van der Waals surface area (Å²) < 4.78 is 0. The van der Waals surface area contributed by atoms with Crippen molar-refractivity contribution >= 4 is 11.8 Å². The van der Waals surface area contributed by atoms with Crippen LogP contribution in [0.3, 0.4) is 0 Å². The van der Waals surface area contributed by atoms with Gasteiger partial charge in [0.1, 0.15) is 5.69 Å². The summed E-state index contributed by atoms with van der Waals surface area (Å²) in [6, 6.07) is 11.6. The van der Waals surface area contributed by atoms with Gasteiger partial charge in [0.05, 0.1) is 11.3 Å². The lowest BCUT2D eigenvalue weighted by atomic mass is 10.1. The Morgan fingerprint density at radius 2 is 1.65 bits per heavy atom. The molecule has 3 rings (SSSR count). The highest BCUT2D eigenvalue weighted by molar-refractivity contribution is 5.97. The first-order valence-electron chi connectivity index (χ1n) is 10.9. The molecule has 0 bridgehead atoms. The molecule has 2 aromatic rings. The van der Waals surface area contributed by atoms with E-state index in [4.69, 9.17) is 0 Å². The van der Waals surface area contributed by atoms with Crippen molar-refractivity contribution in [3.05, 3.63) is 64.5 Å². The van der Waals surface area contributed by atoms with Gasteiger partial charge in [-0.2, -0.15) is 0 Å². The van der Waals surface area contributed by atoms with Crippen LogP contribution in [0.5, 0.6) is 0 Å². The van der Waals surface area contributed by atoms with E-state index in [0.717, 1.165) is 44.8 Å². The van der Waals surface area contributed by atoms with Crippen molar-refractivity contribution < 1.29 is 9.59 Å². The summed E-state index contributed by atoms with van der Waals surface area (Å²) in [5, 5.41) is 3.02. The van der Waals surface area contributed by atoms with Gasteiger partial charge in [-0.1, -0.05) is 31.2 Å². The van der Waals surface area contributed by atoms with Crippen LogP contribution < -0.4 is 5.32 Å². The standard InChI is InChI=1S/C24H33N5O2/c1-5-28-12-14-29(15-13-28)17-20-9-7-6-8-19(20)16-25-23(30)21-10-11-22(26-18(21)2)24(31)27(3)4/h6-11H,5,12-17H2,1-4H3,(H,25,30). The molecule has 7 nitrogen and oxygen atoms in total. The molecule has 1 aliphatic rings. The Kier molecular flexibility index (Phi) is 7.76. The zero-order valence-electron chi connectivity index (χ0n) is 19.0. The molecule has 1 fully saturated rings. The van der Waals surface area contributed by atoms with Gasteiger partial charge in [0.2, 0.25) is 0 Å².